The maximum absolute atomic E-state index is 11.9. The van der Waals surface area contributed by atoms with Crippen molar-refractivity contribution in [3.63, 3.8) is 0 Å². The number of pyridine rings is 1. The quantitative estimate of drug-likeness (QED) is 0.843. The number of nitrogens with two attached hydrogens (primary N) is 1. The molecule has 18 heavy (non-hydrogen) atoms. The minimum atomic E-state index is -0.207. The molecule has 0 aliphatic rings. The molecule has 2 aromatic heterocycles. The highest BCUT2D eigenvalue weighted by molar-refractivity contribution is 5.94. The molecular formula is C12H14N4O2. The van der Waals surface area contributed by atoms with Crippen molar-refractivity contribution in [2.24, 2.45) is 0 Å². The fraction of sp³-hybridized carbons (Fsp3) is 0.250. The van der Waals surface area contributed by atoms with Crippen molar-refractivity contribution < 1.29 is 9.32 Å². The third-order valence-electron chi connectivity index (χ3n) is 2.44. The van der Waals surface area contributed by atoms with Gasteiger partial charge in [0, 0.05) is 17.3 Å². The van der Waals surface area contributed by atoms with Gasteiger partial charge in [0.1, 0.15) is 17.8 Å². The topological polar surface area (TPSA) is 94.0 Å². The van der Waals surface area contributed by atoms with E-state index in [0.717, 1.165) is 12.1 Å². The summed E-state index contributed by atoms with van der Waals surface area (Å²) in [5, 5.41) is 6.44. The fourth-order valence-corrected chi connectivity index (χ4v) is 1.52. The Balaban J connectivity index is 2.06. The summed E-state index contributed by atoms with van der Waals surface area (Å²) in [5.41, 5.74) is 7.61. The van der Waals surface area contributed by atoms with E-state index in [9.17, 15) is 4.79 Å². The van der Waals surface area contributed by atoms with Crippen molar-refractivity contribution in [3.05, 3.63) is 41.4 Å². The first-order valence-electron chi connectivity index (χ1n) is 5.63. The van der Waals surface area contributed by atoms with E-state index in [4.69, 9.17) is 5.73 Å². The van der Waals surface area contributed by atoms with E-state index in [1.165, 1.54) is 6.26 Å². The molecule has 0 aliphatic heterocycles. The maximum Gasteiger partial charge on any atom is 0.251 e. The summed E-state index contributed by atoms with van der Waals surface area (Å²) in [7, 11) is 0. The Morgan fingerprint density at radius 1 is 1.44 bits per heavy atom. The highest BCUT2D eigenvalue weighted by atomic mass is 16.5. The molecule has 0 aromatic carbocycles. The molecule has 0 spiro atoms. The monoisotopic (exact) mass is 246 g/mol. The van der Waals surface area contributed by atoms with Crippen LogP contribution in [-0.2, 0) is 13.0 Å². The lowest BCUT2D eigenvalue weighted by atomic mass is 10.2. The van der Waals surface area contributed by atoms with Gasteiger partial charge in [-0.1, -0.05) is 12.1 Å². The highest BCUT2D eigenvalue weighted by Crippen LogP contribution is 2.08. The molecule has 0 saturated carbocycles. The Morgan fingerprint density at radius 3 is 2.94 bits per heavy atom. The number of nitrogen functional groups attached to an aromatic ring is 1. The molecule has 0 fully saturated rings. The third kappa shape index (κ3) is 2.85. The summed E-state index contributed by atoms with van der Waals surface area (Å²) in [5.74, 6) is 0.141. The Morgan fingerprint density at radius 2 is 2.28 bits per heavy atom. The summed E-state index contributed by atoms with van der Waals surface area (Å²) in [6.45, 7) is 2.28. The molecule has 0 radical (unpaired) electrons. The second-order valence-corrected chi connectivity index (χ2v) is 3.80. The average molecular weight is 246 g/mol. The Labute approximate surface area is 104 Å². The van der Waals surface area contributed by atoms with Crippen LogP contribution in [0.25, 0.3) is 0 Å². The van der Waals surface area contributed by atoms with Gasteiger partial charge < -0.3 is 15.6 Å². The van der Waals surface area contributed by atoms with E-state index in [0.29, 0.717) is 23.6 Å². The number of carbonyl (C=O) groups excluding carboxylic acids is 1. The van der Waals surface area contributed by atoms with E-state index in [1.54, 1.807) is 18.2 Å². The van der Waals surface area contributed by atoms with Crippen molar-refractivity contribution in [2.45, 2.75) is 19.9 Å². The number of aromatic nitrogens is 2. The number of hydrogen-bond donors (Lipinski definition) is 2. The van der Waals surface area contributed by atoms with Crippen molar-refractivity contribution in [3.8, 4) is 0 Å². The van der Waals surface area contributed by atoms with Gasteiger partial charge in [-0.2, -0.15) is 0 Å². The zero-order valence-corrected chi connectivity index (χ0v) is 10.0. The summed E-state index contributed by atoms with van der Waals surface area (Å²) in [4.78, 5) is 16.0. The van der Waals surface area contributed by atoms with Gasteiger partial charge in [0.25, 0.3) is 5.91 Å². The first kappa shape index (κ1) is 12.1. The summed E-state index contributed by atoms with van der Waals surface area (Å²) in [6, 6.07) is 4.98. The minimum Gasteiger partial charge on any atom is -0.384 e. The lowest BCUT2D eigenvalue weighted by Gasteiger charge is -2.05. The molecular weight excluding hydrogens is 232 g/mol. The van der Waals surface area contributed by atoms with Crippen LogP contribution in [0.2, 0.25) is 0 Å². The van der Waals surface area contributed by atoms with Gasteiger partial charge in [0.05, 0.1) is 6.54 Å². The summed E-state index contributed by atoms with van der Waals surface area (Å²) in [6.07, 6.45) is 2.19. The number of amides is 1. The van der Waals surface area contributed by atoms with E-state index in [2.05, 4.69) is 20.0 Å². The van der Waals surface area contributed by atoms with Crippen LogP contribution >= 0.6 is 0 Å². The van der Waals surface area contributed by atoms with Crippen LogP contribution in [0.4, 0.5) is 5.82 Å². The summed E-state index contributed by atoms with van der Waals surface area (Å²) >= 11 is 0. The molecule has 0 aliphatic carbocycles. The molecule has 3 N–H and O–H groups in total. The molecule has 6 heteroatoms. The van der Waals surface area contributed by atoms with E-state index in [1.807, 2.05) is 6.92 Å². The van der Waals surface area contributed by atoms with Crippen LogP contribution in [0.5, 0.6) is 0 Å². The molecule has 1 amide bonds. The lowest BCUT2D eigenvalue weighted by Crippen LogP contribution is -2.23. The average Bonchev–Trinajstić information content (AvgIpc) is 2.88. The lowest BCUT2D eigenvalue weighted by molar-refractivity contribution is 0.0950. The molecule has 0 unspecified atom stereocenters. The van der Waals surface area contributed by atoms with Crippen molar-refractivity contribution in [1.82, 2.24) is 15.5 Å². The predicted octanol–water partition coefficient (Wildman–Crippen LogP) is 1.14. The van der Waals surface area contributed by atoms with Gasteiger partial charge in [-0.05, 0) is 18.6 Å². The van der Waals surface area contributed by atoms with E-state index in [-0.39, 0.29) is 5.91 Å². The van der Waals surface area contributed by atoms with Crippen LogP contribution in [0, 0.1) is 0 Å². The van der Waals surface area contributed by atoms with Gasteiger partial charge in [0.15, 0.2) is 0 Å². The minimum absolute atomic E-state index is 0.207. The smallest absolute Gasteiger partial charge is 0.251 e. The number of rotatable bonds is 4. The van der Waals surface area contributed by atoms with Crippen LogP contribution in [0.15, 0.2) is 29.0 Å². The first-order chi connectivity index (χ1) is 8.69. The van der Waals surface area contributed by atoms with Crippen LogP contribution in [0.1, 0.15) is 28.7 Å². The zero-order chi connectivity index (χ0) is 13.0. The number of carbonyl (C=O) groups is 1. The summed E-state index contributed by atoms with van der Waals surface area (Å²) < 4.78 is 4.68. The van der Waals surface area contributed by atoms with Crippen molar-refractivity contribution in [1.29, 1.82) is 0 Å². The molecule has 0 saturated heterocycles. The largest absolute Gasteiger partial charge is 0.384 e. The number of anilines is 1. The number of nitrogens with zero attached hydrogens (tertiary/aromatic N) is 2. The zero-order valence-electron chi connectivity index (χ0n) is 10.0. The predicted molar refractivity (Wildman–Crippen MR) is 65.7 cm³/mol. The second-order valence-electron chi connectivity index (χ2n) is 3.80. The van der Waals surface area contributed by atoms with Crippen molar-refractivity contribution in [2.75, 3.05) is 5.73 Å². The normalized spacial score (nSPS) is 10.3. The Hall–Kier alpha value is -2.37. The second kappa shape index (κ2) is 5.31. The van der Waals surface area contributed by atoms with Gasteiger partial charge in [-0.15, -0.1) is 0 Å². The SMILES string of the molecule is CCc1cc(C(=O)NCc2ccon2)cc(N)n1. The van der Waals surface area contributed by atoms with E-state index >= 15 is 0 Å². The standard InChI is InChI=1S/C12H14N4O2/c1-2-9-5-8(6-11(13)15-9)12(17)14-7-10-3-4-18-16-10/h3-6H,2,7H2,1H3,(H2,13,15)(H,14,17). The van der Waals surface area contributed by atoms with Crippen molar-refractivity contribution >= 4 is 11.7 Å². The van der Waals surface area contributed by atoms with E-state index < -0.39 is 0 Å². The fourth-order valence-electron chi connectivity index (χ4n) is 1.52. The van der Waals surface area contributed by atoms with Gasteiger partial charge in [0.2, 0.25) is 0 Å². The number of aryl methyl sites for hydroxylation is 1. The molecule has 94 valence electrons. The van der Waals surface area contributed by atoms with Crippen LogP contribution in [0.3, 0.4) is 0 Å². The first-order valence-corrected chi connectivity index (χ1v) is 5.63. The number of nitrogens with one attached hydrogen (secondary N) is 1. The highest BCUT2D eigenvalue weighted by Gasteiger charge is 2.08. The van der Waals surface area contributed by atoms with Crippen LogP contribution in [-0.4, -0.2) is 16.0 Å². The molecule has 0 atom stereocenters. The number of hydrogen-bond acceptors (Lipinski definition) is 5. The Bertz CT molecular complexity index is 537. The van der Waals surface area contributed by atoms with Gasteiger partial charge in [-0.3, -0.25) is 4.79 Å². The molecule has 0 bridgehead atoms. The van der Waals surface area contributed by atoms with Gasteiger partial charge in [-0.25, -0.2) is 4.98 Å². The molecule has 2 rings (SSSR count). The third-order valence-corrected chi connectivity index (χ3v) is 2.44. The molecule has 2 heterocycles. The molecule has 6 nitrogen and oxygen atoms in total. The maximum atomic E-state index is 11.9. The van der Waals surface area contributed by atoms with Gasteiger partial charge >= 0.3 is 0 Å². The van der Waals surface area contributed by atoms with Crippen LogP contribution < -0.4 is 11.1 Å². The molecule has 2 aromatic rings. The Kier molecular flexibility index (Phi) is 3.57.